The summed E-state index contributed by atoms with van der Waals surface area (Å²) in [5.74, 6) is 1.11. The molecule has 0 fully saturated rings. The van der Waals surface area contributed by atoms with Crippen LogP contribution in [0.2, 0.25) is 0 Å². The summed E-state index contributed by atoms with van der Waals surface area (Å²) in [6.07, 6.45) is 1.68. The van der Waals surface area contributed by atoms with Crippen molar-refractivity contribution in [1.82, 2.24) is 4.98 Å². The van der Waals surface area contributed by atoms with Gasteiger partial charge < -0.3 is 19.5 Å². The number of ether oxygens (including phenoxy) is 3. The molecule has 156 valence electrons. The van der Waals surface area contributed by atoms with Crippen molar-refractivity contribution in [3.05, 3.63) is 65.4 Å². The number of benzene rings is 2. The minimum absolute atomic E-state index is 0.273. The molecule has 7 heteroatoms. The zero-order valence-corrected chi connectivity index (χ0v) is 18.4. The Labute approximate surface area is 180 Å². The van der Waals surface area contributed by atoms with E-state index in [-0.39, 0.29) is 5.91 Å². The second-order valence-corrected chi connectivity index (χ2v) is 7.63. The van der Waals surface area contributed by atoms with Crippen LogP contribution in [-0.4, -0.2) is 32.2 Å². The van der Waals surface area contributed by atoms with E-state index in [1.807, 2.05) is 13.8 Å². The number of hydrogen-bond acceptors (Lipinski definition) is 6. The highest BCUT2D eigenvalue weighted by atomic mass is 32.2. The van der Waals surface area contributed by atoms with Gasteiger partial charge in [-0.3, -0.25) is 4.79 Å². The highest BCUT2D eigenvalue weighted by Gasteiger charge is 2.18. The van der Waals surface area contributed by atoms with Crippen molar-refractivity contribution in [3.8, 4) is 17.2 Å². The van der Waals surface area contributed by atoms with E-state index in [0.29, 0.717) is 33.5 Å². The fraction of sp³-hybridized carbons (Fsp3) is 0.217. The molecule has 0 unspecified atom stereocenters. The fourth-order valence-electron chi connectivity index (χ4n) is 2.92. The molecule has 6 nitrogen and oxygen atoms in total. The number of amides is 1. The van der Waals surface area contributed by atoms with Gasteiger partial charge in [-0.1, -0.05) is 23.9 Å². The molecule has 0 saturated carbocycles. The van der Waals surface area contributed by atoms with E-state index in [2.05, 4.69) is 28.5 Å². The number of nitrogens with one attached hydrogen (secondary N) is 1. The number of rotatable bonds is 7. The van der Waals surface area contributed by atoms with Crippen LogP contribution in [0.5, 0.6) is 17.2 Å². The predicted octanol–water partition coefficient (Wildman–Crippen LogP) is 5.13. The normalized spacial score (nSPS) is 10.4. The largest absolute Gasteiger partial charge is 0.493 e. The number of aromatic nitrogens is 1. The first kappa shape index (κ1) is 21.5. The van der Waals surface area contributed by atoms with Gasteiger partial charge in [-0.25, -0.2) is 4.98 Å². The zero-order valence-electron chi connectivity index (χ0n) is 17.6. The quantitative estimate of drug-likeness (QED) is 0.567. The Kier molecular flexibility index (Phi) is 6.84. The molecule has 3 aromatic rings. The average Bonchev–Trinajstić information content (AvgIpc) is 2.75. The third kappa shape index (κ3) is 4.68. The first-order chi connectivity index (χ1) is 14.5. The molecule has 0 radical (unpaired) electrons. The Hall–Kier alpha value is -3.19. The van der Waals surface area contributed by atoms with Crippen molar-refractivity contribution in [3.63, 3.8) is 0 Å². The molecule has 1 N–H and O–H groups in total. The van der Waals surface area contributed by atoms with Gasteiger partial charge in [0.25, 0.3) is 5.91 Å². The molecule has 0 bridgehead atoms. The van der Waals surface area contributed by atoms with E-state index >= 15 is 0 Å². The Balaban J connectivity index is 1.91. The van der Waals surface area contributed by atoms with Gasteiger partial charge in [0.05, 0.1) is 26.9 Å². The Morgan fingerprint density at radius 1 is 0.967 bits per heavy atom. The molecule has 0 saturated heterocycles. The van der Waals surface area contributed by atoms with Crippen molar-refractivity contribution in [2.45, 2.75) is 23.8 Å². The van der Waals surface area contributed by atoms with Gasteiger partial charge in [-0.05, 0) is 43.2 Å². The first-order valence-corrected chi connectivity index (χ1v) is 10.1. The zero-order chi connectivity index (χ0) is 21.7. The average molecular weight is 425 g/mol. The smallest absolute Gasteiger partial charge is 0.258 e. The standard InChI is InChI=1S/C23H24N2O4S/c1-14-8-9-15(2)20(11-14)30-23-17(7-6-10-24-23)22(26)25-16-12-18(27-3)21(29-5)19(13-16)28-4/h6-13H,1-5H3,(H,25,26). The molecule has 0 atom stereocenters. The number of carbonyl (C=O) groups excluding carboxylic acids is 1. The fourth-order valence-corrected chi connectivity index (χ4v) is 3.98. The Morgan fingerprint density at radius 3 is 2.30 bits per heavy atom. The Morgan fingerprint density at radius 2 is 1.67 bits per heavy atom. The van der Waals surface area contributed by atoms with E-state index in [1.54, 1.807) is 30.5 Å². The number of nitrogens with zero attached hydrogens (tertiary/aromatic N) is 1. The molecule has 30 heavy (non-hydrogen) atoms. The van der Waals surface area contributed by atoms with Crippen LogP contribution in [-0.2, 0) is 0 Å². The molecular weight excluding hydrogens is 400 g/mol. The van der Waals surface area contributed by atoms with E-state index in [9.17, 15) is 4.79 Å². The number of carbonyl (C=O) groups is 1. The van der Waals surface area contributed by atoms with Crippen molar-refractivity contribution >= 4 is 23.4 Å². The van der Waals surface area contributed by atoms with Gasteiger partial charge >= 0.3 is 0 Å². The van der Waals surface area contributed by atoms with Crippen molar-refractivity contribution in [2.24, 2.45) is 0 Å². The third-order valence-electron chi connectivity index (χ3n) is 4.49. The molecule has 0 spiro atoms. The maximum Gasteiger partial charge on any atom is 0.258 e. The molecule has 1 heterocycles. The summed E-state index contributed by atoms with van der Waals surface area (Å²) in [6.45, 7) is 4.08. The van der Waals surface area contributed by atoms with Gasteiger partial charge in [0.15, 0.2) is 11.5 Å². The molecule has 1 amide bonds. The SMILES string of the molecule is COc1cc(NC(=O)c2cccnc2Sc2cc(C)ccc2C)cc(OC)c1OC. The van der Waals surface area contributed by atoms with E-state index in [1.165, 1.54) is 33.1 Å². The summed E-state index contributed by atoms with van der Waals surface area (Å²) in [4.78, 5) is 18.6. The summed E-state index contributed by atoms with van der Waals surface area (Å²) >= 11 is 1.47. The first-order valence-electron chi connectivity index (χ1n) is 9.28. The number of pyridine rings is 1. The van der Waals surface area contributed by atoms with Crippen LogP contribution in [0, 0.1) is 13.8 Å². The van der Waals surface area contributed by atoms with Gasteiger partial charge in [0, 0.05) is 28.9 Å². The number of anilines is 1. The lowest BCUT2D eigenvalue weighted by molar-refractivity contribution is 0.102. The summed E-state index contributed by atoms with van der Waals surface area (Å²) in [5.41, 5.74) is 3.30. The predicted molar refractivity (Wildman–Crippen MR) is 118 cm³/mol. The summed E-state index contributed by atoms with van der Waals surface area (Å²) < 4.78 is 16.1. The van der Waals surface area contributed by atoms with Crippen molar-refractivity contribution in [1.29, 1.82) is 0 Å². The van der Waals surface area contributed by atoms with Crippen LogP contribution in [0.15, 0.2) is 58.6 Å². The number of methoxy groups -OCH3 is 3. The summed E-state index contributed by atoms with van der Waals surface area (Å²) in [5, 5.41) is 3.54. The van der Waals surface area contributed by atoms with Gasteiger partial charge in [0.2, 0.25) is 5.75 Å². The third-order valence-corrected chi connectivity index (χ3v) is 5.67. The maximum atomic E-state index is 13.1. The second kappa shape index (κ2) is 9.54. The molecule has 1 aromatic heterocycles. The lowest BCUT2D eigenvalue weighted by Gasteiger charge is -2.15. The van der Waals surface area contributed by atoms with Crippen LogP contribution in [0.3, 0.4) is 0 Å². The molecule has 3 rings (SSSR count). The van der Waals surface area contributed by atoms with Crippen LogP contribution >= 0.6 is 11.8 Å². The maximum absolute atomic E-state index is 13.1. The van der Waals surface area contributed by atoms with Crippen LogP contribution in [0.4, 0.5) is 5.69 Å². The highest BCUT2D eigenvalue weighted by Crippen LogP contribution is 2.40. The van der Waals surface area contributed by atoms with Gasteiger partial charge in [-0.15, -0.1) is 0 Å². The highest BCUT2D eigenvalue weighted by molar-refractivity contribution is 7.99. The topological polar surface area (TPSA) is 69.7 Å². The molecular formula is C23H24N2O4S. The van der Waals surface area contributed by atoms with Crippen LogP contribution < -0.4 is 19.5 Å². The van der Waals surface area contributed by atoms with E-state index < -0.39 is 0 Å². The summed E-state index contributed by atoms with van der Waals surface area (Å²) in [6, 6.07) is 13.1. The van der Waals surface area contributed by atoms with Crippen molar-refractivity contribution < 1.29 is 19.0 Å². The van der Waals surface area contributed by atoms with Crippen molar-refractivity contribution in [2.75, 3.05) is 26.6 Å². The monoisotopic (exact) mass is 424 g/mol. The molecule has 0 aliphatic carbocycles. The number of aryl methyl sites for hydroxylation is 2. The lowest BCUT2D eigenvalue weighted by atomic mass is 10.2. The van der Waals surface area contributed by atoms with Gasteiger partial charge in [0.1, 0.15) is 5.03 Å². The van der Waals surface area contributed by atoms with E-state index in [4.69, 9.17) is 14.2 Å². The minimum atomic E-state index is -0.273. The minimum Gasteiger partial charge on any atom is -0.493 e. The van der Waals surface area contributed by atoms with E-state index in [0.717, 1.165) is 16.0 Å². The summed E-state index contributed by atoms with van der Waals surface area (Å²) in [7, 11) is 4.59. The molecule has 0 aliphatic rings. The lowest BCUT2D eigenvalue weighted by Crippen LogP contribution is -2.14. The number of hydrogen-bond donors (Lipinski definition) is 1. The van der Waals surface area contributed by atoms with Crippen LogP contribution in [0.1, 0.15) is 21.5 Å². The van der Waals surface area contributed by atoms with Crippen LogP contribution in [0.25, 0.3) is 0 Å². The van der Waals surface area contributed by atoms with Gasteiger partial charge in [-0.2, -0.15) is 0 Å². The Bertz CT molecular complexity index is 1040. The second-order valence-electron chi connectivity index (χ2n) is 6.60. The molecule has 0 aliphatic heterocycles. The molecule has 2 aromatic carbocycles.